The van der Waals surface area contributed by atoms with Crippen LogP contribution in [0.25, 0.3) is 0 Å². The molecule has 0 saturated carbocycles. The topological polar surface area (TPSA) is 81.2 Å². The first-order chi connectivity index (χ1) is 8.16. The van der Waals surface area contributed by atoms with Crippen LogP contribution in [0.1, 0.15) is 11.7 Å². The zero-order valence-electron chi connectivity index (χ0n) is 8.93. The summed E-state index contributed by atoms with van der Waals surface area (Å²) in [5, 5.41) is 24.1. The highest BCUT2D eigenvalue weighted by atomic mass is 16.6. The molecule has 1 aromatic heterocycles. The minimum atomic E-state index is -0.726. The SMILES string of the molecule is O=[N+]([O-])c1ccn(CC(O)c2ccccc2)n1. The summed E-state index contributed by atoms with van der Waals surface area (Å²) in [6, 6.07) is 10.4. The van der Waals surface area contributed by atoms with Gasteiger partial charge in [-0.15, -0.1) is 0 Å². The summed E-state index contributed by atoms with van der Waals surface area (Å²) < 4.78 is 1.36. The van der Waals surface area contributed by atoms with Crippen LogP contribution in [-0.4, -0.2) is 19.8 Å². The molecule has 2 aromatic rings. The van der Waals surface area contributed by atoms with Crippen molar-refractivity contribution in [1.29, 1.82) is 0 Å². The molecule has 1 unspecified atom stereocenters. The smallest absolute Gasteiger partial charge is 0.386 e. The number of aliphatic hydroxyl groups is 1. The van der Waals surface area contributed by atoms with Crippen LogP contribution in [0.2, 0.25) is 0 Å². The molecule has 0 saturated heterocycles. The normalized spacial score (nSPS) is 12.3. The maximum Gasteiger partial charge on any atom is 0.389 e. The van der Waals surface area contributed by atoms with Crippen LogP contribution in [-0.2, 0) is 6.54 Å². The quantitative estimate of drug-likeness (QED) is 0.641. The molecule has 88 valence electrons. The molecule has 17 heavy (non-hydrogen) atoms. The van der Waals surface area contributed by atoms with E-state index < -0.39 is 11.0 Å². The number of aliphatic hydroxyl groups excluding tert-OH is 1. The van der Waals surface area contributed by atoms with E-state index in [0.717, 1.165) is 5.56 Å². The predicted octanol–water partition coefficient (Wildman–Crippen LogP) is 1.52. The molecule has 2 rings (SSSR count). The number of hydrogen-bond acceptors (Lipinski definition) is 4. The third-order valence-corrected chi connectivity index (χ3v) is 2.36. The van der Waals surface area contributed by atoms with Gasteiger partial charge >= 0.3 is 5.82 Å². The maximum absolute atomic E-state index is 10.4. The Kier molecular flexibility index (Phi) is 3.15. The van der Waals surface area contributed by atoms with Gasteiger partial charge in [-0.05, 0) is 10.5 Å². The van der Waals surface area contributed by atoms with Gasteiger partial charge in [0, 0.05) is 0 Å². The van der Waals surface area contributed by atoms with E-state index in [-0.39, 0.29) is 12.4 Å². The summed E-state index contributed by atoms with van der Waals surface area (Å²) in [7, 11) is 0. The molecular formula is C11H11N3O3. The summed E-state index contributed by atoms with van der Waals surface area (Å²) in [6.07, 6.45) is 0.750. The molecule has 1 heterocycles. The average Bonchev–Trinajstić information content (AvgIpc) is 2.79. The Bertz CT molecular complexity index is 510. The Morgan fingerprint density at radius 3 is 2.65 bits per heavy atom. The Balaban J connectivity index is 2.08. The molecule has 6 nitrogen and oxygen atoms in total. The van der Waals surface area contributed by atoms with Crippen LogP contribution in [0.3, 0.4) is 0 Å². The third-order valence-electron chi connectivity index (χ3n) is 2.36. The van der Waals surface area contributed by atoms with Gasteiger partial charge in [-0.1, -0.05) is 30.3 Å². The Hall–Kier alpha value is -2.21. The van der Waals surface area contributed by atoms with Crippen molar-refractivity contribution < 1.29 is 10.0 Å². The lowest BCUT2D eigenvalue weighted by molar-refractivity contribution is -0.389. The van der Waals surface area contributed by atoms with Gasteiger partial charge < -0.3 is 15.2 Å². The first kappa shape index (κ1) is 11.3. The molecule has 6 heteroatoms. The van der Waals surface area contributed by atoms with Gasteiger partial charge in [0.1, 0.15) is 6.10 Å². The van der Waals surface area contributed by atoms with Crippen LogP contribution >= 0.6 is 0 Å². The summed E-state index contributed by atoms with van der Waals surface area (Å²) in [6.45, 7) is 0.192. The van der Waals surface area contributed by atoms with Crippen molar-refractivity contribution in [1.82, 2.24) is 9.78 Å². The van der Waals surface area contributed by atoms with Crippen molar-refractivity contribution in [3.05, 3.63) is 58.3 Å². The summed E-state index contributed by atoms with van der Waals surface area (Å²) >= 11 is 0. The lowest BCUT2D eigenvalue weighted by atomic mass is 10.1. The minimum Gasteiger partial charge on any atom is -0.386 e. The van der Waals surface area contributed by atoms with E-state index in [2.05, 4.69) is 5.10 Å². The zero-order valence-corrected chi connectivity index (χ0v) is 8.93. The van der Waals surface area contributed by atoms with E-state index in [9.17, 15) is 15.2 Å². The largest absolute Gasteiger partial charge is 0.389 e. The second-order valence-electron chi connectivity index (χ2n) is 3.58. The van der Waals surface area contributed by atoms with Crippen molar-refractivity contribution in [3.63, 3.8) is 0 Å². The third kappa shape index (κ3) is 2.67. The van der Waals surface area contributed by atoms with E-state index in [1.165, 1.54) is 16.9 Å². The van der Waals surface area contributed by atoms with Gasteiger partial charge in [0.25, 0.3) is 0 Å². The van der Waals surface area contributed by atoms with Gasteiger partial charge in [-0.25, -0.2) is 0 Å². The Labute approximate surface area is 97.3 Å². The average molecular weight is 233 g/mol. The first-order valence-corrected chi connectivity index (χ1v) is 5.07. The van der Waals surface area contributed by atoms with Gasteiger partial charge in [-0.2, -0.15) is 4.68 Å². The van der Waals surface area contributed by atoms with Gasteiger partial charge in [0.05, 0.1) is 23.9 Å². The number of aromatic nitrogens is 2. The summed E-state index contributed by atoms with van der Waals surface area (Å²) in [5.41, 5.74) is 0.755. The van der Waals surface area contributed by atoms with Crippen molar-refractivity contribution in [2.45, 2.75) is 12.6 Å². The molecule has 1 N–H and O–H groups in total. The number of nitro groups is 1. The lowest BCUT2D eigenvalue weighted by Crippen LogP contribution is -2.09. The van der Waals surface area contributed by atoms with Crippen LogP contribution in [0.15, 0.2) is 42.6 Å². The highest BCUT2D eigenvalue weighted by molar-refractivity contribution is 5.18. The molecular weight excluding hydrogens is 222 g/mol. The molecule has 0 aliphatic heterocycles. The van der Waals surface area contributed by atoms with Crippen molar-refractivity contribution in [3.8, 4) is 0 Å². The minimum absolute atomic E-state index is 0.192. The molecule has 1 atom stereocenters. The molecule has 1 aromatic carbocycles. The second-order valence-corrected chi connectivity index (χ2v) is 3.58. The first-order valence-electron chi connectivity index (χ1n) is 5.07. The van der Waals surface area contributed by atoms with Crippen LogP contribution < -0.4 is 0 Å². The Morgan fingerprint density at radius 1 is 1.35 bits per heavy atom. The molecule has 0 fully saturated rings. The van der Waals surface area contributed by atoms with E-state index in [4.69, 9.17) is 0 Å². The van der Waals surface area contributed by atoms with E-state index in [1.807, 2.05) is 18.2 Å². The van der Waals surface area contributed by atoms with Gasteiger partial charge in [-0.3, -0.25) is 0 Å². The summed E-state index contributed by atoms with van der Waals surface area (Å²) in [5.74, 6) is -0.217. The van der Waals surface area contributed by atoms with Gasteiger partial charge in [0.15, 0.2) is 0 Å². The van der Waals surface area contributed by atoms with Crippen LogP contribution in [0.4, 0.5) is 5.82 Å². The number of rotatable bonds is 4. The zero-order chi connectivity index (χ0) is 12.3. The van der Waals surface area contributed by atoms with Gasteiger partial charge in [0.2, 0.25) is 0 Å². The van der Waals surface area contributed by atoms with Crippen molar-refractivity contribution in [2.75, 3.05) is 0 Å². The lowest BCUT2D eigenvalue weighted by Gasteiger charge is -2.08. The highest BCUT2D eigenvalue weighted by Gasteiger charge is 2.14. The highest BCUT2D eigenvalue weighted by Crippen LogP contribution is 2.15. The summed E-state index contributed by atoms with van der Waals surface area (Å²) in [4.78, 5) is 9.87. The van der Waals surface area contributed by atoms with E-state index in [1.54, 1.807) is 12.1 Å². The van der Waals surface area contributed by atoms with Crippen molar-refractivity contribution >= 4 is 5.82 Å². The molecule has 0 bridgehead atoms. The van der Waals surface area contributed by atoms with E-state index >= 15 is 0 Å². The Morgan fingerprint density at radius 2 is 2.06 bits per heavy atom. The molecule has 0 radical (unpaired) electrons. The van der Waals surface area contributed by atoms with E-state index in [0.29, 0.717) is 0 Å². The molecule has 0 aliphatic rings. The second kappa shape index (κ2) is 4.75. The van der Waals surface area contributed by atoms with Crippen molar-refractivity contribution in [2.24, 2.45) is 0 Å². The standard InChI is InChI=1S/C11H11N3O3/c15-10(9-4-2-1-3-5-9)8-13-7-6-11(12-13)14(16)17/h1-7,10,15H,8H2. The monoisotopic (exact) mass is 233 g/mol. The number of benzene rings is 1. The maximum atomic E-state index is 10.4. The fourth-order valence-corrected chi connectivity index (χ4v) is 1.51. The number of nitrogens with zero attached hydrogens (tertiary/aromatic N) is 3. The fraction of sp³-hybridized carbons (Fsp3) is 0.182. The number of hydrogen-bond donors (Lipinski definition) is 1. The predicted molar refractivity (Wildman–Crippen MR) is 60.3 cm³/mol. The molecule has 0 spiro atoms. The fourth-order valence-electron chi connectivity index (χ4n) is 1.51. The molecule has 0 amide bonds. The van der Waals surface area contributed by atoms with Crippen LogP contribution in [0.5, 0.6) is 0 Å². The molecule has 0 aliphatic carbocycles. The van der Waals surface area contributed by atoms with Crippen LogP contribution in [0, 0.1) is 10.1 Å².